The van der Waals surface area contributed by atoms with Gasteiger partial charge in [0.15, 0.2) is 0 Å². The van der Waals surface area contributed by atoms with E-state index in [-0.39, 0.29) is 42.3 Å². The molecule has 4 aliphatic rings. The highest BCUT2D eigenvalue weighted by atomic mass is 16.5. The normalized spacial score (nSPS) is 29.7. The van der Waals surface area contributed by atoms with Crippen molar-refractivity contribution < 1.29 is 29.0 Å². The van der Waals surface area contributed by atoms with Crippen LogP contribution in [-0.4, -0.2) is 40.7 Å². The Morgan fingerprint density at radius 3 is 2.26 bits per heavy atom. The zero-order chi connectivity index (χ0) is 30.0. The van der Waals surface area contributed by atoms with Crippen LogP contribution in [0.15, 0.2) is 90.5 Å². The number of carbonyl (C=O) groups is 4. The minimum atomic E-state index is -1.22. The standard InChI is InChI=1S/C35H32N2O6/c1-35-27(32(40)37(34(35)42)21-11-7-4-8-12-21)18-26-23(30(35)24-14-13-22(43-2)17-28(24)38)15-16-25-29(26)33(41)36(31(25)39)19-20-9-5-3-6-10-20/h3-15,17,25-27,29-30,38H,16,18-19H2,1-2H3. The van der Waals surface area contributed by atoms with Gasteiger partial charge in [-0.1, -0.05) is 66.2 Å². The average molecular weight is 577 g/mol. The van der Waals surface area contributed by atoms with Gasteiger partial charge in [0.25, 0.3) is 0 Å². The molecule has 2 heterocycles. The number of phenols is 1. The lowest BCUT2D eigenvalue weighted by Gasteiger charge is -2.49. The van der Waals surface area contributed by atoms with E-state index in [0.717, 1.165) is 11.1 Å². The number of amides is 4. The van der Waals surface area contributed by atoms with Gasteiger partial charge in [-0.05, 0) is 49.4 Å². The topological polar surface area (TPSA) is 104 Å². The summed E-state index contributed by atoms with van der Waals surface area (Å²) in [6, 6.07) is 23.3. The number of fused-ring (bicyclic) bond motifs is 4. The minimum Gasteiger partial charge on any atom is -0.508 e. The molecule has 2 saturated heterocycles. The molecule has 1 N–H and O–H groups in total. The summed E-state index contributed by atoms with van der Waals surface area (Å²) in [7, 11) is 1.51. The van der Waals surface area contributed by atoms with Crippen LogP contribution in [0.4, 0.5) is 5.69 Å². The van der Waals surface area contributed by atoms with Crippen molar-refractivity contribution in [1.82, 2.24) is 4.90 Å². The Bertz CT molecular complexity index is 1680. The van der Waals surface area contributed by atoms with Crippen LogP contribution in [0.2, 0.25) is 0 Å². The summed E-state index contributed by atoms with van der Waals surface area (Å²) in [5, 5.41) is 11.3. The smallest absolute Gasteiger partial charge is 0.241 e. The number of allylic oxidation sites excluding steroid dienone is 2. The first kappa shape index (κ1) is 27.1. The van der Waals surface area contributed by atoms with Crippen LogP contribution >= 0.6 is 0 Å². The summed E-state index contributed by atoms with van der Waals surface area (Å²) >= 11 is 0. The number of aromatic hydroxyl groups is 1. The number of carbonyl (C=O) groups excluding carboxylic acids is 4. The van der Waals surface area contributed by atoms with Crippen molar-refractivity contribution in [3.8, 4) is 11.5 Å². The third kappa shape index (κ3) is 3.89. The molecule has 0 spiro atoms. The monoisotopic (exact) mass is 576 g/mol. The van der Waals surface area contributed by atoms with Gasteiger partial charge in [-0.3, -0.25) is 24.1 Å². The van der Waals surface area contributed by atoms with E-state index >= 15 is 0 Å². The van der Waals surface area contributed by atoms with Crippen molar-refractivity contribution in [1.29, 1.82) is 0 Å². The molecule has 3 aromatic carbocycles. The van der Waals surface area contributed by atoms with Crippen molar-refractivity contribution in [3.05, 3.63) is 102 Å². The van der Waals surface area contributed by atoms with Gasteiger partial charge in [0, 0.05) is 17.5 Å². The molecule has 0 aromatic heterocycles. The van der Waals surface area contributed by atoms with Gasteiger partial charge in [-0.2, -0.15) is 0 Å². The third-order valence-corrected chi connectivity index (χ3v) is 10.1. The van der Waals surface area contributed by atoms with E-state index in [0.29, 0.717) is 23.4 Å². The molecule has 8 heteroatoms. The molecule has 43 heavy (non-hydrogen) atoms. The summed E-state index contributed by atoms with van der Waals surface area (Å²) in [6.45, 7) is 2.00. The summed E-state index contributed by atoms with van der Waals surface area (Å²) < 4.78 is 5.32. The number of nitrogens with zero attached hydrogens (tertiary/aromatic N) is 2. The van der Waals surface area contributed by atoms with Crippen LogP contribution < -0.4 is 9.64 Å². The number of hydrogen-bond donors (Lipinski definition) is 1. The maximum absolute atomic E-state index is 14.4. The number of phenolic OH excluding ortho intramolecular Hbond substituents is 1. The van der Waals surface area contributed by atoms with Crippen molar-refractivity contribution in [2.45, 2.75) is 32.2 Å². The summed E-state index contributed by atoms with van der Waals surface area (Å²) in [5.41, 5.74) is 1.46. The van der Waals surface area contributed by atoms with Gasteiger partial charge in [0.2, 0.25) is 23.6 Å². The number of methoxy groups -OCH3 is 1. The molecule has 1 saturated carbocycles. The molecular formula is C35H32N2O6. The summed E-state index contributed by atoms with van der Waals surface area (Å²) in [4.78, 5) is 58.9. The summed E-state index contributed by atoms with van der Waals surface area (Å²) in [6.07, 6.45) is 2.61. The van der Waals surface area contributed by atoms with Crippen LogP contribution in [0, 0.1) is 29.1 Å². The summed E-state index contributed by atoms with van der Waals surface area (Å²) in [5.74, 6) is -3.74. The molecule has 218 valence electrons. The first-order valence-corrected chi connectivity index (χ1v) is 14.6. The van der Waals surface area contributed by atoms with Gasteiger partial charge in [0.1, 0.15) is 11.5 Å². The van der Waals surface area contributed by atoms with Crippen molar-refractivity contribution in [2.75, 3.05) is 12.0 Å². The molecule has 6 atom stereocenters. The highest BCUT2D eigenvalue weighted by molar-refractivity contribution is 6.24. The maximum atomic E-state index is 14.4. The highest BCUT2D eigenvalue weighted by Crippen LogP contribution is 2.64. The van der Waals surface area contributed by atoms with E-state index in [1.54, 1.807) is 36.4 Å². The molecule has 7 rings (SSSR count). The van der Waals surface area contributed by atoms with Crippen LogP contribution in [0.25, 0.3) is 0 Å². The Morgan fingerprint density at radius 2 is 1.58 bits per heavy atom. The third-order valence-electron chi connectivity index (χ3n) is 10.1. The van der Waals surface area contributed by atoms with E-state index < -0.39 is 35.0 Å². The largest absolute Gasteiger partial charge is 0.508 e. The Balaban J connectivity index is 1.35. The Morgan fingerprint density at radius 1 is 0.884 bits per heavy atom. The second kappa shape index (κ2) is 9.93. The van der Waals surface area contributed by atoms with Gasteiger partial charge in [-0.15, -0.1) is 0 Å². The Kier molecular flexibility index (Phi) is 6.27. The predicted molar refractivity (Wildman–Crippen MR) is 158 cm³/mol. The zero-order valence-corrected chi connectivity index (χ0v) is 24.0. The van der Waals surface area contributed by atoms with E-state index in [1.807, 2.05) is 49.4 Å². The van der Waals surface area contributed by atoms with Crippen LogP contribution in [0.3, 0.4) is 0 Å². The lowest BCUT2D eigenvalue weighted by atomic mass is 9.51. The fraction of sp³-hybridized carbons (Fsp3) is 0.314. The van der Waals surface area contributed by atoms with Crippen LogP contribution in [0.1, 0.15) is 36.8 Å². The van der Waals surface area contributed by atoms with Crippen molar-refractivity contribution in [2.24, 2.45) is 29.1 Å². The predicted octanol–water partition coefficient (Wildman–Crippen LogP) is 4.83. The van der Waals surface area contributed by atoms with Gasteiger partial charge in [0.05, 0.1) is 42.5 Å². The first-order valence-electron chi connectivity index (χ1n) is 14.6. The van der Waals surface area contributed by atoms with E-state index in [9.17, 15) is 24.3 Å². The van der Waals surface area contributed by atoms with Gasteiger partial charge in [-0.25, -0.2) is 4.90 Å². The van der Waals surface area contributed by atoms with E-state index in [2.05, 4.69) is 0 Å². The maximum Gasteiger partial charge on any atom is 0.241 e. The minimum absolute atomic E-state index is 0.0501. The molecule has 6 unspecified atom stereocenters. The van der Waals surface area contributed by atoms with Crippen molar-refractivity contribution in [3.63, 3.8) is 0 Å². The van der Waals surface area contributed by atoms with Gasteiger partial charge >= 0.3 is 0 Å². The molecule has 4 amide bonds. The average Bonchev–Trinajstić information content (AvgIpc) is 3.38. The molecule has 3 aromatic rings. The lowest BCUT2D eigenvalue weighted by Crippen LogP contribution is -2.48. The number of imide groups is 2. The molecule has 0 bridgehead atoms. The second-order valence-electron chi connectivity index (χ2n) is 12.2. The Labute approximate surface area is 249 Å². The lowest BCUT2D eigenvalue weighted by molar-refractivity contribution is -0.141. The van der Waals surface area contributed by atoms with Crippen LogP contribution in [-0.2, 0) is 25.7 Å². The van der Waals surface area contributed by atoms with Crippen LogP contribution in [0.5, 0.6) is 11.5 Å². The fourth-order valence-corrected chi connectivity index (χ4v) is 8.06. The number of likely N-dealkylation sites (tertiary alicyclic amines) is 1. The van der Waals surface area contributed by atoms with Gasteiger partial charge < -0.3 is 9.84 Å². The van der Waals surface area contributed by atoms with Crippen molar-refractivity contribution >= 4 is 29.3 Å². The molecule has 2 aliphatic carbocycles. The molecule has 0 radical (unpaired) electrons. The SMILES string of the molecule is COc1ccc(C2C3=CCC4C(=O)N(Cc5ccccc5)C(=O)C4C3CC3C(=O)N(c4ccccc4)C(=O)C32C)c(O)c1. The quantitative estimate of drug-likeness (QED) is 0.345. The molecule has 3 fully saturated rings. The Hall–Kier alpha value is -4.72. The zero-order valence-electron chi connectivity index (χ0n) is 24.0. The number of hydrogen-bond acceptors (Lipinski definition) is 6. The fourth-order valence-electron chi connectivity index (χ4n) is 8.06. The highest BCUT2D eigenvalue weighted by Gasteiger charge is 2.67. The molecule has 8 nitrogen and oxygen atoms in total. The molecule has 2 aliphatic heterocycles. The number of para-hydroxylation sites is 1. The number of anilines is 1. The second-order valence-corrected chi connectivity index (χ2v) is 12.2. The first-order chi connectivity index (χ1) is 20.8. The van der Waals surface area contributed by atoms with E-state index in [4.69, 9.17) is 4.74 Å². The molecular weight excluding hydrogens is 544 g/mol. The number of benzene rings is 3. The van der Waals surface area contributed by atoms with E-state index in [1.165, 1.54) is 23.0 Å². The number of rotatable bonds is 5. The number of ether oxygens (including phenoxy) is 1.